The summed E-state index contributed by atoms with van der Waals surface area (Å²) in [6.45, 7) is 1.84. The van der Waals surface area contributed by atoms with Gasteiger partial charge in [0.2, 0.25) is 5.91 Å². The predicted molar refractivity (Wildman–Crippen MR) is 54.7 cm³/mol. The van der Waals surface area contributed by atoms with Crippen LogP contribution in [0.3, 0.4) is 0 Å². The molecule has 0 bridgehead atoms. The molecule has 1 aromatic carbocycles. The van der Waals surface area contributed by atoms with E-state index in [0.29, 0.717) is 0 Å². The van der Waals surface area contributed by atoms with Gasteiger partial charge >= 0.3 is 0 Å². The molecule has 0 aliphatic rings. The van der Waals surface area contributed by atoms with Crippen LogP contribution in [0.25, 0.3) is 6.08 Å². The van der Waals surface area contributed by atoms with Gasteiger partial charge in [-0.2, -0.15) is 0 Å². The highest BCUT2D eigenvalue weighted by Gasteiger charge is 2.07. The van der Waals surface area contributed by atoms with Gasteiger partial charge in [0.15, 0.2) is 0 Å². The Hall–Kier alpha value is -1.68. The van der Waals surface area contributed by atoms with E-state index in [4.69, 9.17) is 5.21 Å². The zero-order chi connectivity index (χ0) is 11.3. The number of carbonyl (C=O) groups is 1. The molecular formula is C11H12FNO2. The first-order chi connectivity index (χ1) is 7.17. The maximum absolute atomic E-state index is 13.4. The minimum Gasteiger partial charge on any atom is -0.289 e. The minimum absolute atomic E-state index is 0.168. The van der Waals surface area contributed by atoms with Gasteiger partial charge in [0.05, 0.1) is 6.42 Å². The normalized spacial score (nSPS) is 10.6. The minimum atomic E-state index is -0.632. The van der Waals surface area contributed by atoms with Crippen LogP contribution in [0, 0.1) is 5.82 Å². The molecule has 0 saturated heterocycles. The lowest BCUT2D eigenvalue weighted by Gasteiger charge is -2.02. The summed E-state index contributed by atoms with van der Waals surface area (Å²) >= 11 is 0. The molecule has 3 nitrogen and oxygen atoms in total. The van der Waals surface area contributed by atoms with Gasteiger partial charge in [-0.25, -0.2) is 9.87 Å². The zero-order valence-corrected chi connectivity index (χ0v) is 8.33. The van der Waals surface area contributed by atoms with Gasteiger partial charge in [-0.15, -0.1) is 0 Å². The van der Waals surface area contributed by atoms with Crippen molar-refractivity contribution >= 4 is 12.0 Å². The van der Waals surface area contributed by atoms with Gasteiger partial charge in [0, 0.05) is 0 Å². The molecule has 0 fully saturated rings. The van der Waals surface area contributed by atoms with Crippen molar-refractivity contribution in [2.24, 2.45) is 0 Å². The van der Waals surface area contributed by atoms with Crippen molar-refractivity contribution in [3.63, 3.8) is 0 Å². The molecule has 15 heavy (non-hydrogen) atoms. The van der Waals surface area contributed by atoms with E-state index in [1.54, 1.807) is 18.2 Å². The Morgan fingerprint density at radius 3 is 2.87 bits per heavy atom. The number of amides is 1. The molecule has 0 radical (unpaired) electrons. The van der Waals surface area contributed by atoms with E-state index in [1.165, 1.54) is 17.6 Å². The fourth-order valence-corrected chi connectivity index (χ4v) is 1.22. The number of carbonyl (C=O) groups excluding carboxylic acids is 1. The maximum Gasteiger partial charge on any atom is 0.247 e. The highest BCUT2D eigenvalue weighted by molar-refractivity contribution is 5.77. The zero-order valence-electron chi connectivity index (χ0n) is 8.33. The first kappa shape index (κ1) is 11.4. The van der Waals surface area contributed by atoms with Crippen molar-refractivity contribution in [1.29, 1.82) is 0 Å². The van der Waals surface area contributed by atoms with Crippen molar-refractivity contribution in [3.05, 3.63) is 41.2 Å². The predicted octanol–water partition coefficient (Wildman–Crippen LogP) is 1.91. The highest BCUT2D eigenvalue weighted by atomic mass is 19.1. The molecule has 2 N–H and O–H groups in total. The molecule has 0 spiro atoms. The van der Waals surface area contributed by atoms with Crippen LogP contribution < -0.4 is 5.48 Å². The van der Waals surface area contributed by atoms with E-state index in [2.05, 4.69) is 0 Å². The third-order valence-electron chi connectivity index (χ3n) is 1.91. The fourth-order valence-electron chi connectivity index (χ4n) is 1.22. The van der Waals surface area contributed by atoms with Crippen molar-refractivity contribution in [3.8, 4) is 0 Å². The molecule has 1 aromatic rings. The summed E-state index contributed by atoms with van der Waals surface area (Å²) in [4.78, 5) is 10.8. The van der Waals surface area contributed by atoms with Crippen molar-refractivity contribution in [2.75, 3.05) is 0 Å². The Morgan fingerprint density at radius 2 is 2.33 bits per heavy atom. The van der Waals surface area contributed by atoms with Gasteiger partial charge in [0.1, 0.15) is 5.82 Å². The van der Waals surface area contributed by atoms with Crippen molar-refractivity contribution in [1.82, 2.24) is 5.48 Å². The van der Waals surface area contributed by atoms with Gasteiger partial charge in [-0.1, -0.05) is 24.3 Å². The van der Waals surface area contributed by atoms with Crippen LogP contribution in [0.4, 0.5) is 4.39 Å². The molecule has 0 heterocycles. The maximum atomic E-state index is 13.4. The second-order valence-electron chi connectivity index (χ2n) is 3.06. The number of hydrogen-bond donors (Lipinski definition) is 2. The quantitative estimate of drug-likeness (QED) is 0.590. The third-order valence-corrected chi connectivity index (χ3v) is 1.91. The Kier molecular flexibility index (Phi) is 4.00. The van der Waals surface area contributed by atoms with Gasteiger partial charge in [-0.05, 0) is 24.1 Å². The number of nitrogens with one attached hydrogen (secondary N) is 1. The van der Waals surface area contributed by atoms with Crippen molar-refractivity contribution < 1.29 is 14.4 Å². The Labute approximate surface area is 87.2 Å². The molecular weight excluding hydrogens is 197 g/mol. The monoisotopic (exact) mass is 209 g/mol. The SMILES string of the molecule is CC=Cc1ccc(CC(=O)NO)c(F)c1. The lowest BCUT2D eigenvalue weighted by Crippen LogP contribution is -2.21. The summed E-state index contributed by atoms with van der Waals surface area (Å²) in [5.74, 6) is -1.08. The Morgan fingerprint density at radius 1 is 1.60 bits per heavy atom. The van der Waals surface area contributed by atoms with E-state index in [1.807, 2.05) is 6.92 Å². The Balaban J connectivity index is 2.88. The number of allylic oxidation sites excluding steroid dienone is 1. The summed E-state index contributed by atoms with van der Waals surface area (Å²) in [5.41, 5.74) is 2.46. The number of halogens is 1. The summed E-state index contributed by atoms with van der Waals surface area (Å²) in [6.07, 6.45) is 3.40. The van der Waals surface area contributed by atoms with E-state index in [-0.39, 0.29) is 12.0 Å². The Bertz CT molecular complexity index is 388. The molecule has 0 aliphatic heterocycles. The summed E-state index contributed by atoms with van der Waals surface area (Å²) in [6, 6.07) is 4.59. The molecule has 4 heteroatoms. The van der Waals surface area contributed by atoms with Crippen LogP contribution in [0.15, 0.2) is 24.3 Å². The van der Waals surface area contributed by atoms with Crippen LogP contribution in [0.1, 0.15) is 18.1 Å². The lowest BCUT2D eigenvalue weighted by molar-refractivity contribution is -0.128. The molecule has 1 amide bonds. The summed E-state index contributed by atoms with van der Waals surface area (Å²) in [7, 11) is 0. The fraction of sp³-hybridized carbons (Fsp3) is 0.182. The molecule has 80 valence electrons. The summed E-state index contributed by atoms with van der Waals surface area (Å²) in [5, 5.41) is 8.29. The molecule has 0 aliphatic carbocycles. The molecule has 0 saturated carbocycles. The van der Waals surface area contributed by atoms with Gasteiger partial charge in [-0.3, -0.25) is 10.0 Å². The van der Waals surface area contributed by atoms with Crippen molar-refractivity contribution in [2.45, 2.75) is 13.3 Å². The second-order valence-corrected chi connectivity index (χ2v) is 3.06. The molecule has 1 rings (SSSR count). The van der Waals surface area contributed by atoms with Crippen LogP contribution in [0.2, 0.25) is 0 Å². The average molecular weight is 209 g/mol. The van der Waals surface area contributed by atoms with Crippen LogP contribution >= 0.6 is 0 Å². The molecule has 0 atom stereocenters. The largest absolute Gasteiger partial charge is 0.289 e. The summed E-state index contributed by atoms with van der Waals surface area (Å²) < 4.78 is 13.4. The number of hydrogen-bond acceptors (Lipinski definition) is 2. The van der Waals surface area contributed by atoms with E-state index < -0.39 is 11.7 Å². The van der Waals surface area contributed by atoms with E-state index in [0.717, 1.165) is 5.56 Å². The second kappa shape index (κ2) is 5.26. The number of benzene rings is 1. The smallest absolute Gasteiger partial charge is 0.247 e. The highest BCUT2D eigenvalue weighted by Crippen LogP contribution is 2.12. The van der Waals surface area contributed by atoms with Gasteiger partial charge in [0.25, 0.3) is 0 Å². The van der Waals surface area contributed by atoms with Crippen LogP contribution in [-0.4, -0.2) is 11.1 Å². The topological polar surface area (TPSA) is 49.3 Å². The third kappa shape index (κ3) is 3.18. The first-order valence-corrected chi connectivity index (χ1v) is 4.51. The average Bonchev–Trinajstić information content (AvgIpc) is 2.22. The molecule has 0 unspecified atom stereocenters. The lowest BCUT2D eigenvalue weighted by atomic mass is 10.1. The standard InChI is InChI=1S/C11H12FNO2/c1-2-3-8-4-5-9(10(12)6-8)7-11(14)13-15/h2-6,15H,7H2,1H3,(H,13,14). The number of rotatable bonds is 3. The molecule has 0 aromatic heterocycles. The van der Waals surface area contributed by atoms with Gasteiger partial charge < -0.3 is 0 Å². The van der Waals surface area contributed by atoms with Crippen LogP contribution in [0.5, 0.6) is 0 Å². The van der Waals surface area contributed by atoms with E-state index in [9.17, 15) is 9.18 Å². The van der Waals surface area contributed by atoms with E-state index >= 15 is 0 Å². The first-order valence-electron chi connectivity index (χ1n) is 4.51. The number of hydroxylamine groups is 1. The van der Waals surface area contributed by atoms with Crippen LogP contribution in [-0.2, 0) is 11.2 Å².